The van der Waals surface area contributed by atoms with Gasteiger partial charge in [0.25, 0.3) is 0 Å². The molecule has 3 heterocycles. The van der Waals surface area contributed by atoms with Crippen LogP contribution in [0.5, 0.6) is 0 Å². The second-order valence-electron chi connectivity index (χ2n) is 7.74. The zero-order valence-corrected chi connectivity index (χ0v) is 17.7. The molecule has 160 valence electrons. The number of hydrogen-bond acceptors (Lipinski definition) is 5. The van der Waals surface area contributed by atoms with Gasteiger partial charge in [-0.05, 0) is 17.7 Å². The van der Waals surface area contributed by atoms with Crippen molar-refractivity contribution in [3.8, 4) is 22.5 Å². The predicted octanol–water partition coefficient (Wildman–Crippen LogP) is 3.36. The number of anilines is 1. The van der Waals surface area contributed by atoms with Crippen molar-refractivity contribution in [3.05, 3.63) is 85.3 Å². The highest BCUT2D eigenvalue weighted by atomic mass is 16.2. The van der Waals surface area contributed by atoms with Crippen molar-refractivity contribution in [1.82, 2.24) is 24.6 Å². The van der Waals surface area contributed by atoms with E-state index in [1.54, 1.807) is 12.5 Å². The normalized spacial score (nSPS) is 13.9. The molecule has 4 aromatic rings. The fourth-order valence-electron chi connectivity index (χ4n) is 4.01. The van der Waals surface area contributed by atoms with Gasteiger partial charge in [-0.15, -0.1) is 0 Å². The minimum absolute atomic E-state index is 0.0761. The topological polar surface area (TPSA) is 67.2 Å². The fraction of sp³-hybridized carbons (Fsp3) is 0.200. The molecule has 2 aromatic heterocycles. The monoisotopic (exact) mass is 424 g/mol. The zero-order valence-electron chi connectivity index (χ0n) is 17.7. The fourth-order valence-corrected chi connectivity index (χ4v) is 4.01. The van der Waals surface area contributed by atoms with Crippen molar-refractivity contribution in [1.29, 1.82) is 0 Å². The van der Waals surface area contributed by atoms with E-state index < -0.39 is 0 Å². The summed E-state index contributed by atoms with van der Waals surface area (Å²) in [6.07, 6.45) is 3.30. The van der Waals surface area contributed by atoms with Crippen LogP contribution in [-0.4, -0.2) is 56.7 Å². The smallest absolute Gasteiger partial charge is 0.244 e. The minimum Gasteiger partial charge on any atom is -0.353 e. The molecular formula is C25H24N6O. The van der Waals surface area contributed by atoms with E-state index in [4.69, 9.17) is 5.10 Å². The van der Waals surface area contributed by atoms with E-state index in [9.17, 15) is 4.79 Å². The van der Waals surface area contributed by atoms with Gasteiger partial charge in [-0.25, -0.2) is 9.97 Å². The molecule has 5 rings (SSSR count). The summed E-state index contributed by atoms with van der Waals surface area (Å²) in [5, 5.41) is 4.80. The highest BCUT2D eigenvalue weighted by molar-refractivity contribution is 5.78. The molecule has 32 heavy (non-hydrogen) atoms. The van der Waals surface area contributed by atoms with Crippen LogP contribution < -0.4 is 4.90 Å². The van der Waals surface area contributed by atoms with E-state index in [1.807, 2.05) is 76.3 Å². The molecule has 0 bridgehead atoms. The molecule has 0 saturated carbocycles. The van der Waals surface area contributed by atoms with Gasteiger partial charge in [0.05, 0.1) is 11.4 Å². The second kappa shape index (κ2) is 9.01. The van der Waals surface area contributed by atoms with Crippen molar-refractivity contribution < 1.29 is 4.79 Å². The Hall–Kier alpha value is -4.00. The Kier molecular flexibility index (Phi) is 5.61. The van der Waals surface area contributed by atoms with Gasteiger partial charge in [0.1, 0.15) is 18.7 Å². The van der Waals surface area contributed by atoms with Crippen LogP contribution in [0.4, 0.5) is 5.82 Å². The third kappa shape index (κ3) is 4.23. The van der Waals surface area contributed by atoms with Crippen molar-refractivity contribution in [2.24, 2.45) is 0 Å². The predicted molar refractivity (Wildman–Crippen MR) is 124 cm³/mol. The summed E-state index contributed by atoms with van der Waals surface area (Å²) >= 11 is 0. The average Bonchev–Trinajstić information content (AvgIpc) is 3.29. The minimum atomic E-state index is 0.0761. The molecule has 0 spiro atoms. The van der Waals surface area contributed by atoms with Crippen LogP contribution in [0.3, 0.4) is 0 Å². The summed E-state index contributed by atoms with van der Waals surface area (Å²) < 4.78 is 1.83. The van der Waals surface area contributed by atoms with Gasteiger partial charge in [-0.2, -0.15) is 5.10 Å². The van der Waals surface area contributed by atoms with Crippen molar-refractivity contribution in [2.45, 2.75) is 6.54 Å². The van der Waals surface area contributed by atoms with Crippen LogP contribution in [-0.2, 0) is 11.3 Å². The van der Waals surface area contributed by atoms with Crippen molar-refractivity contribution in [3.63, 3.8) is 0 Å². The van der Waals surface area contributed by atoms with Crippen LogP contribution >= 0.6 is 0 Å². The molecule has 2 aromatic carbocycles. The van der Waals surface area contributed by atoms with Crippen LogP contribution in [0.2, 0.25) is 0 Å². The summed E-state index contributed by atoms with van der Waals surface area (Å²) in [7, 11) is 0. The highest BCUT2D eigenvalue weighted by Crippen LogP contribution is 2.26. The number of amides is 1. The lowest BCUT2D eigenvalue weighted by Gasteiger charge is -2.35. The van der Waals surface area contributed by atoms with E-state index >= 15 is 0 Å². The molecule has 1 aliphatic rings. The highest BCUT2D eigenvalue weighted by Gasteiger charge is 2.23. The van der Waals surface area contributed by atoms with Gasteiger partial charge in [0.15, 0.2) is 0 Å². The van der Waals surface area contributed by atoms with Crippen LogP contribution in [0, 0.1) is 0 Å². The first kappa shape index (κ1) is 19.9. The molecule has 0 unspecified atom stereocenters. The number of hydrogen-bond donors (Lipinski definition) is 0. The standard InChI is InChI=1S/C25H24N6O/c32-25(30-15-13-29(14-16-30)24-11-12-26-19-27-24)18-31-23(21-9-5-2-6-10-21)17-22(28-31)20-7-3-1-4-8-20/h1-12,17,19H,13-16,18H2. The van der Waals surface area contributed by atoms with Crippen molar-refractivity contribution in [2.75, 3.05) is 31.1 Å². The summed E-state index contributed by atoms with van der Waals surface area (Å²) in [6.45, 7) is 3.04. The zero-order chi connectivity index (χ0) is 21.8. The van der Waals surface area contributed by atoms with Gasteiger partial charge in [-0.1, -0.05) is 60.7 Å². The lowest BCUT2D eigenvalue weighted by Crippen LogP contribution is -2.50. The Morgan fingerprint density at radius 3 is 2.19 bits per heavy atom. The first-order chi connectivity index (χ1) is 15.8. The number of rotatable bonds is 5. The molecule has 0 aliphatic carbocycles. The lowest BCUT2D eigenvalue weighted by atomic mass is 10.1. The van der Waals surface area contributed by atoms with Gasteiger partial charge in [-0.3, -0.25) is 9.48 Å². The number of aromatic nitrogens is 4. The van der Waals surface area contributed by atoms with E-state index in [-0.39, 0.29) is 12.5 Å². The van der Waals surface area contributed by atoms with Gasteiger partial charge in [0, 0.05) is 37.9 Å². The first-order valence-electron chi connectivity index (χ1n) is 10.8. The lowest BCUT2D eigenvalue weighted by molar-refractivity contribution is -0.132. The molecular weight excluding hydrogens is 400 g/mol. The summed E-state index contributed by atoms with van der Waals surface area (Å²) in [5.74, 6) is 0.977. The largest absolute Gasteiger partial charge is 0.353 e. The quantitative estimate of drug-likeness (QED) is 0.492. The third-order valence-corrected chi connectivity index (χ3v) is 5.73. The maximum Gasteiger partial charge on any atom is 0.244 e. The molecule has 7 heteroatoms. The Labute approximate surface area is 187 Å². The van der Waals surface area contributed by atoms with E-state index in [0.29, 0.717) is 13.1 Å². The van der Waals surface area contributed by atoms with Gasteiger partial charge in [0.2, 0.25) is 5.91 Å². The van der Waals surface area contributed by atoms with E-state index in [1.165, 1.54) is 0 Å². The second-order valence-corrected chi connectivity index (χ2v) is 7.74. The molecule has 1 saturated heterocycles. The van der Waals surface area contributed by atoms with Crippen molar-refractivity contribution >= 4 is 11.7 Å². The third-order valence-electron chi connectivity index (χ3n) is 5.73. The molecule has 1 aliphatic heterocycles. The Bertz CT molecular complexity index is 1170. The van der Waals surface area contributed by atoms with Gasteiger partial charge >= 0.3 is 0 Å². The molecule has 0 radical (unpaired) electrons. The SMILES string of the molecule is O=C(Cn1nc(-c2ccccc2)cc1-c1ccccc1)N1CCN(c2ccncn2)CC1. The molecule has 0 atom stereocenters. The molecule has 7 nitrogen and oxygen atoms in total. The maximum atomic E-state index is 13.2. The number of piperazine rings is 1. The summed E-state index contributed by atoms with van der Waals surface area (Å²) in [5.41, 5.74) is 3.89. The molecule has 1 fully saturated rings. The number of carbonyl (C=O) groups is 1. The summed E-state index contributed by atoms with van der Waals surface area (Å²) in [4.78, 5) is 25.5. The summed E-state index contributed by atoms with van der Waals surface area (Å²) in [6, 6.07) is 24.1. The van der Waals surface area contributed by atoms with Crippen LogP contribution in [0.15, 0.2) is 85.3 Å². The number of benzene rings is 2. The Morgan fingerprint density at radius 1 is 0.844 bits per heavy atom. The Balaban J connectivity index is 1.34. The van der Waals surface area contributed by atoms with Crippen LogP contribution in [0.25, 0.3) is 22.5 Å². The van der Waals surface area contributed by atoms with Gasteiger partial charge < -0.3 is 9.80 Å². The number of carbonyl (C=O) groups excluding carboxylic acids is 1. The molecule has 0 N–H and O–H groups in total. The number of nitrogens with zero attached hydrogens (tertiary/aromatic N) is 6. The maximum absolute atomic E-state index is 13.2. The first-order valence-corrected chi connectivity index (χ1v) is 10.8. The Morgan fingerprint density at radius 2 is 1.53 bits per heavy atom. The van der Waals surface area contributed by atoms with E-state index in [2.05, 4.69) is 20.9 Å². The molecule has 1 amide bonds. The average molecular weight is 425 g/mol. The van der Waals surface area contributed by atoms with Crippen LogP contribution in [0.1, 0.15) is 0 Å². The van der Waals surface area contributed by atoms with E-state index in [0.717, 1.165) is 41.4 Å².